The Kier molecular flexibility index (Phi) is 55.8. The van der Waals surface area contributed by atoms with Gasteiger partial charge in [0.25, 0.3) is 0 Å². The summed E-state index contributed by atoms with van der Waals surface area (Å²) < 4.78 is 0. The molecule has 0 aliphatic carbocycles. The van der Waals surface area contributed by atoms with Gasteiger partial charge in [-0.25, -0.2) is 0 Å². The molecular weight excluding hydrogens is 1730 g/mol. The SMILES string of the molecule is CCN(CC)CCC(=O)CCCCCCCNc1ccnc2cc(Cl)ccc12.CCN(CC)CCC(=O)CCCCCNc1ccnc2cc(Cl)ccc12.CCN(CC)CCC(=O)CCCNc1ccnc2cc(Cl)ccc12.CCN(CC)CCC(=O)NCCCCCNc1ccnc2cc(Cl)ccc12.CCN(CC)CCC(=O)NCCCNc1ccnc2cc(Cl)ccc12. The third-order valence-electron chi connectivity index (χ3n) is 23.3. The highest BCUT2D eigenvalue weighted by atomic mass is 35.5. The molecule has 27 heteroatoms. The first kappa shape index (κ1) is 110. The molecular formula is C103H148Cl5N17O5. The second-order valence-corrected chi connectivity index (χ2v) is 34.5. The average Bonchev–Trinajstić information content (AvgIpc) is 0.844. The number of ketones is 3. The molecule has 710 valence electrons. The van der Waals surface area contributed by atoms with Gasteiger partial charge in [0.05, 0.1) is 27.6 Å². The molecule has 0 unspecified atom stereocenters. The van der Waals surface area contributed by atoms with Crippen LogP contribution in [0.15, 0.2) is 152 Å². The van der Waals surface area contributed by atoms with Gasteiger partial charge in [-0.05, 0) is 245 Å². The number of unbranched alkanes of at least 4 members (excludes halogenated alkanes) is 8. The minimum atomic E-state index is 0.121. The molecule has 0 saturated carbocycles. The molecule has 0 atom stereocenters. The molecule has 5 aromatic carbocycles. The lowest BCUT2D eigenvalue weighted by molar-refractivity contribution is -0.122. The van der Waals surface area contributed by atoms with E-state index in [0.717, 1.165) is 297 Å². The second-order valence-electron chi connectivity index (χ2n) is 32.3. The van der Waals surface area contributed by atoms with E-state index in [1.807, 2.05) is 128 Å². The van der Waals surface area contributed by atoms with Crippen molar-refractivity contribution in [2.75, 3.05) is 171 Å². The summed E-state index contributed by atoms with van der Waals surface area (Å²) in [6.07, 6.45) is 27.9. The summed E-state index contributed by atoms with van der Waals surface area (Å²) in [6, 6.07) is 38.7. The van der Waals surface area contributed by atoms with Crippen molar-refractivity contribution in [2.45, 2.75) is 204 Å². The summed E-state index contributed by atoms with van der Waals surface area (Å²) in [5.41, 5.74) is 9.83. The number of rotatable bonds is 58. The Hall–Kier alpha value is -8.65. The summed E-state index contributed by atoms with van der Waals surface area (Å²) in [6.45, 7) is 41.5. The van der Waals surface area contributed by atoms with E-state index in [9.17, 15) is 24.0 Å². The normalized spacial score (nSPS) is 11.2. The third-order valence-corrected chi connectivity index (χ3v) is 24.4. The van der Waals surface area contributed by atoms with Gasteiger partial charge < -0.3 is 61.7 Å². The fourth-order valence-corrected chi connectivity index (χ4v) is 15.8. The van der Waals surface area contributed by atoms with E-state index in [2.05, 4.69) is 156 Å². The highest BCUT2D eigenvalue weighted by molar-refractivity contribution is 6.33. The molecule has 0 spiro atoms. The number of carbonyl (C=O) groups is 5. The smallest absolute Gasteiger partial charge is 0.221 e. The summed E-state index contributed by atoms with van der Waals surface area (Å²) in [5.74, 6) is 1.42. The van der Waals surface area contributed by atoms with Crippen molar-refractivity contribution in [2.24, 2.45) is 0 Å². The number of carbonyl (C=O) groups excluding carboxylic acids is 5. The van der Waals surface area contributed by atoms with Crippen LogP contribution in [-0.2, 0) is 24.0 Å². The number of nitrogens with zero attached hydrogens (tertiary/aromatic N) is 10. The van der Waals surface area contributed by atoms with Crippen LogP contribution in [0.1, 0.15) is 204 Å². The molecule has 0 saturated heterocycles. The standard InChI is InChI=1S/C23H34ClN3O.C21H31ClN4O.C21H30ClN3O.C19H27ClN4O.C19H26ClN3O/c1-3-27(4-2)17-14-20(28)10-8-6-5-7-9-15-25-22-13-16-26-23-18-19(24)11-12-21(22)23;1-3-26(4-2)15-11-21(27)25-13-7-5-6-12-23-19-10-14-24-20-16-17(22)8-9-18(19)20;1-3-25(4-2)15-12-18(26)8-6-5-7-13-23-20-11-14-24-21-16-17(22)9-10-19(20)21;1-3-24(4-2)13-9-19(25)23-11-5-10-21-17-8-12-22-18-14-15(20)6-7-16(17)18;1-3-23(4-2)13-10-16(24)6-5-11-21-18-9-12-22-19-14-15(20)7-8-17(18)19/h11-13,16,18H,3-10,14-15,17H2,1-2H3,(H,25,26);8-10,14,16H,3-7,11-13,15H2,1-2H3,(H,23,24)(H,25,27);9-11,14,16H,3-8,12-13,15H2,1-2H3,(H,23,24);6-8,12,14H,3-5,9-11,13H2,1-2H3,(H,21,22)(H,23,25);7-9,12,14H,3-6,10-11,13H2,1-2H3,(H,21,22). The Bertz CT molecular complexity index is 4920. The lowest BCUT2D eigenvalue weighted by atomic mass is 10.1. The predicted molar refractivity (Wildman–Crippen MR) is 553 cm³/mol. The van der Waals surface area contributed by atoms with E-state index in [0.29, 0.717) is 94.0 Å². The number of aromatic nitrogens is 5. The second kappa shape index (κ2) is 65.8. The van der Waals surface area contributed by atoms with Crippen LogP contribution in [0, 0.1) is 0 Å². The summed E-state index contributed by atoms with van der Waals surface area (Å²) in [4.78, 5) is 92.7. The van der Waals surface area contributed by atoms with Crippen molar-refractivity contribution < 1.29 is 24.0 Å². The van der Waals surface area contributed by atoms with Gasteiger partial charge in [-0.2, -0.15) is 0 Å². The first-order valence-electron chi connectivity index (χ1n) is 47.8. The molecule has 5 heterocycles. The van der Waals surface area contributed by atoms with Crippen molar-refractivity contribution >= 4 is 170 Å². The largest absolute Gasteiger partial charge is 0.384 e. The van der Waals surface area contributed by atoms with Crippen molar-refractivity contribution in [1.29, 1.82) is 0 Å². The van der Waals surface area contributed by atoms with Gasteiger partial charge in [0.15, 0.2) is 0 Å². The molecule has 130 heavy (non-hydrogen) atoms. The first-order valence-corrected chi connectivity index (χ1v) is 49.7. The number of amides is 2. The van der Waals surface area contributed by atoms with Crippen LogP contribution in [-0.4, -0.2) is 223 Å². The van der Waals surface area contributed by atoms with Crippen LogP contribution >= 0.6 is 58.0 Å². The lowest BCUT2D eigenvalue weighted by Gasteiger charge is -2.17. The molecule has 0 fully saturated rings. The number of benzene rings is 5. The number of halogens is 5. The zero-order valence-corrected chi connectivity index (χ0v) is 83.0. The van der Waals surface area contributed by atoms with Crippen LogP contribution in [0.3, 0.4) is 0 Å². The van der Waals surface area contributed by atoms with Crippen LogP contribution in [0.2, 0.25) is 25.1 Å². The van der Waals surface area contributed by atoms with E-state index in [1.54, 1.807) is 24.8 Å². The Balaban J connectivity index is 0.000000251. The van der Waals surface area contributed by atoms with Crippen molar-refractivity contribution in [3.8, 4) is 0 Å². The van der Waals surface area contributed by atoms with Gasteiger partial charge in [-0.1, -0.05) is 153 Å². The van der Waals surface area contributed by atoms with Crippen LogP contribution in [0.5, 0.6) is 0 Å². The Morgan fingerprint density at radius 3 is 0.723 bits per heavy atom. The fourth-order valence-electron chi connectivity index (χ4n) is 15.0. The molecule has 10 rings (SSSR count). The summed E-state index contributed by atoms with van der Waals surface area (Å²) in [7, 11) is 0. The number of anilines is 5. The lowest BCUT2D eigenvalue weighted by Crippen LogP contribution is -2.31. The van der Waals surface area contributed by atoms with E-state index >= 15 is 0 Å². The molecule has 0 radical (unpaired) electrons. The number of nitrogens with one attached hydrogen (secondary N) is 7. The molecule has 0 aliphatic heterocycles. The minimum absolute atomic E-state index is 0.121. The monoisotopic (exact) mass is 1880 g/mol. The molecule has 10 aromatic rings. The van der Waals surface area contributed by atoms with Crippen molar-refractivity contribution in [1.82, 2.24) is 60.1 Å². The number of Topliss-reactive ketones (excluding diaryl/α,β-unsaturated/α-hetero) is 3. The maximum atomic E-state index is 12.0. The minimum Gasteiger partial charge on any atom is -0.384 e. The Morgan fingerprint density at radius 1 is 0.238 bits per heavy atom. The zero-order valence-electron chi connectivity index (χ0n) is 79.2. The first-order chi connectivity index (χ1) is 63.2. The van der Waals surface area contributed by atoms with E-state index in [4.69, 9.17) is 58.0 Å². The Labute approximate surface area is 800 Å². The van der Waals surface area contributed by atoms with Gasteiger partial charge in [0, 0.05) is 241 Å². The van der Waals surface area contributed by atoms with Gasteiger partial charge in [-0.15, -0.1) is 0 Å². The average molecular weight is 1880 g/mol. The zero-order chi connectivity index (χ0) is 93.9. The van der Waals surface area contributed by atoms with Crippen LogP contribution in [0.25, 0.3) is 54.5 Å². The highest BCUT2D eigenvalue weighted by Crippen LogP contribution is 2.30. The van der Waals surface area contributed by atoms with Gasteiger partial charge >= 0.3 is 0 Å². The van der Waals surface area contributed by atoms with Crippen molar-refractivity contribution in [3.63, 3.8) is 0 Å². The maximum Gasteiger partial charge on any atom is 0.221 e. The molecule has 7 N–H and O–H groups in total. The van der Waals surface area contributed by atoms with Gasteiger partial charge in [0.1, 0.15) is 17.3 Å². The van der Waals surface area contributed by atoms with Gasteiger partial charge in [0.2, 0.25) is 11.8 Å². The summed E-state index contributed by atoms with van der Waals surface area (Å²) >= 11 is 30.1. The Morgan fingerprint density at radius 2 is 0.446 bits per heavy atom. The number of pyridine rings is 5. The number of hydrogen-bond donors (Lipinski definition) is 7. The fraction of sp³-hybridized carbons (Fsp3) is 0.515. The van der Waals surface area contributed by atoms with Crippen molar-refractivity contribution in [3.05, 3.63) is 177 Å². The number of fused-ring (bicyclic) bond motifs is 5. The van der Waals surface area contributed by atoms with Crippen LogP contribution < -0.4 is 37.2 Å². The topological polar surface area (TPSA) is 250 Å². The summed E-state index contributed by atoms with van der Waals surface area (Å²) in [5, 5.41) is 32.1. The molecule has 0 bridgehead atoms. The van der Waals surface area contributed by atoms with E-state index < -0.39 is 0 Å². The third kappa shape index (κ3) is 43.4. The molecule has 5 aromatic heterocycles. The predicted octanol–water partition coefficient (Wildman–Crippen LogP) is 23.3. The maximum absolute atomic E-state index is 12.0. The van der Waals surface area contributed by atoms with Crippen LogP contribution in [0.4, 0.5) is 28.4 Å². The van der Waals surface area contributed by atoms with E-state index in [-0.39, 0.29) is 11.8 Å². The highest BCUT2D eigenvalue weighted by Gasteiger charge is 2.14. The quantitative estimate of drug-likeness (QED) is 0.0175. The van der Waals surface area contributed by atoms with Gasteiger partial charge in [-0.3, -0.25) is 48.9 Å². The molecule has 22 nitrogen and oxygen atoms in total. The van der Waals surface area contributed by atoms with E-state index in [1.165, 1.54) is 12.8 Å². The molecule has 0 aliphatic rings. The molecule has 2 amide bonds. The number of hydrogen-bond acceptors (Lipinski definition) is 20.